The molecule has 0 spiro atoms. The molecule has 5 heteroatoms. The minimum atomic E-state index is -0.357. The maximum Gasteiger partial charge on any atom is 0.266 e. The van der Waals surface area contributed by atoms with Gasteiger partial charge in [-0.05, 0) is 69.4 Å². The van der Waals surface area contributed by atoms with Crippen LogP contribution in [0.25, 0.3) is 16.6 Å². The van der Waals surface area contributed by atoms with E-state index < -0.39 is 0 Å². The number of para-hydroxylation sites is 1. The van der Waals surface area contributed by atoms with Crippen LogP contribution in [0, 0.1) is 19.8 Å². The van der Waals surface area contributed by atoms with Crippen LogP contribution in [0.5, 0.6) is 0 Å². The highest BCUT2D eigenvalue weighted by atomic mass is 16.2. The Morgan fingerprint density at radius 3 is 2.46 bits per heavy atom. The molecular formula is C30H31N3O2. The second-order valence-corrected chi connectivity index (χ2v) is 9.64. The van der Waals surface area contributed by atoms with Gasteiger partial charge >= 0.3 is 0 Å². The Labute approximate surface area is 206 Å². The number of fused-ring (bicyclic) bond motifs is 1. The third-order valence-electron chi connectivity index (χ3n) is 6.93. The first-order chi connectivity index (χ1) is 16.9. The predicted molar refractivity (Wildman–Crippen MR) is 140 cm³/mol. The van der Waals surface area contributed by atoms with Gasteiger partial charge in [-0.1, -0.05) is 60.2 Å². The molecule has 0 bridgehead atoms. The third-order valence-corrected chi connectivity index (χ3v) is 6.93. The van der Waals surface area contributed by atoms with Gasteiger partial charge in [0.1, 0.15) is 5.82 Å². The van der Waals surface area contributed by atoms with Crippen molar-refractivity contribution in [1.29, 1.82) is 0 Å². The molecule has 5 rings (SSSR count). The third kappa shape index (κ3) is 4.63. The molecule has 1 atom stereocenters. The number of hydrogen-bond acceptors (Lipinski definition) is 3. The van der Waals surface area contributed by atoms with Crippen LogP contribution in [-0.2, 0) is 11.2 Å². The normalized spacial score (nSPS) is 14.1. The Bertz CT molecular complexity index is 1440. The molecule has 0 saturated heterocycles. The summed E-state index contributed by atoms with van der Waals surface area (Å²) in [5.41, 5.74) is 4.68. The molecule has 178 valence electrons. The first-order valence-corrected chi connectivity index (χ1v) is 12.4. The number of benzene rings is 3. The number of nitrogens with zero attached hydrogens (tertiary/aromatic N) is 3. The van der Waals surface area contributed by atoms with Gasteiger partial charge in [-0.2, -0.15) is 0 Å². The molecule has 1 aromatic heterocycles. The second-order valence-electron chi connectivity index (χ2n) is 9.64. The summed E-state index contributed by atoms with van der Waals surface area (Å²) in [6.45, 7) is 6.64. The predicted octanol–water partition coefficient (Wildman–Crippen LogP) is 5.54. The van der Waals surface area contributed by atoms with Crippen molar-refractivity contribution < 1.29 is 4.79 Å². The van der Waals surface area contributed by atoms with Crippen molar-refractivity contribution in [2.45, 2.75) is 46.1 Å². The Balaban J connectivity index is 1.64. The number of carbonyl (C=O) groups is 1. The van der Waals surface area contributed by atoms with E-state index in [1.54, 1.807) is 4.57 Å². The SMILES string of the molecule is Cc1ccc(-n2c(C(C)N(CCc3ccccc3)C(=O)C3CC3)nc3ccccc3c2=O)c(C)c1. The largest absolute Gasteiger partial charge is 0.332 e. The van der Waals surface area contributed by atoms with Gasteiger partial charge in [-0.25, -0.2) is 4.98 Å². The van der Waals surface area contributed by atoms with E-state index >= 15 is 0 Å². The molecule has 35 heavy (non-hydrogen) atoms. The molecule has 3 aromatic carbocycles. The quantitative estimate of drug-likeness (QED) is 0.360. The van der Waals surface area contributed by atoms with Gasteiger partial charge < -0.3 is 4.90 Å². The van der Waals surface area contributed by atoms with E-state index in [9.17, 15) is 9.59 Å². The van der Waals surface area contributed by atoms with Crippen molar-refractivity contribution in [1.82, 2.24) is 14.5 Å². The standard InChI is InChI=1S/C30H31N3O2/c1-20-13-16-27(21(2)19-20)33-28(31-26-12-8-7-11-25(26)30(33)35)22(3)32(29(34)24-14-15-24)18-17-23-9-5-4-6-10-23/h4-13,16,19,22,24H,14-15,17-18H2,1-3H3. The lowest BCUT2D eigenvalue weighted by atomic mass is 10.1. The maximum atomic E-state index is 13.8. The molecule has 0 aliphatic heterocycles. The maximum absolute atomic E-state index is 13.8. The number of rotatable bonds is 7. The first kappa shape index (κ1) is 23.0. The Morgan fingerprint density at radius 1 is 1.03 bits per heavy atom. The molecule has 4 aromatic rings. The van der Waals surface area contributed by atoms with Crippen molar-refractivity contribution in [3.8, 4) is 5.69 Å². The molecule has 1 aliphatic rings. The van der Waals surface area contributed by atoms with Crippen LogP contribution in [0.3, 0.4) is 0 Å². The Kier molecular flexibility index (Phi) is 6.25. The van der Waals surface area contributed by atoms with Gasteiger partial charge in [-0.3, -0.25) is 14.2 Å². The molecular weight excluding hydrogens is 434 g/mol. The van der Waals surface area contributed by atoms with Crippen molar-refractivity contribution in [3.63, 3.8) is 0 Å². The van der Waals surface area contributed by atoms with Crippen molar-refractivity contribution in [2.75, 3.05) is 6.54 Å². The summed E-state index contributed by atoms with van der Waals surface area (Å²) in [6.07, 6.45) is 2.62. The summed E-state index contributed by atoms with van der Waals surface area (Å²) in [7, 11) is 0. The molecule has 1 heterocycles. The van der Waals surface area contributed by atoms with E-state index in [2.05, 4.69) is 18.2 Å². The highest BCUT2D eigenvalue weighted by Gasteiger charge is 2.36. The van der Waals surface area contributed by atoms with Gasteiger partial charge in [-0.15, -0.1) is 0 Å². The average molecular weight is 466 g/mol. The smallest absolute Gasteiger partial charge is 0.266 e. The fourth-order valence-electron chi connectivity index (χ4n) is 4.81. The summed E-state index contributed by atoms with van der Waals surface area (Å²) < 4.78 is 1.72. The fourth-order valence-corrected chi connectivity index (χ4v) is 4.81. The van der Waals surface area contributed by atoms with E-state index in [-0.39, 0.29) is 23.4 Å². The van der Waals surface area contributed by atoms with Crippen LogP contribution < -0.4 is 5.56 Å². The molecule has 0 N–H and O–H groups in total. The Hall–Kier alpha value is -3.73. The zero-order chi connectivity index (χ0) is 24.5. The highest BCUT2D eigenvalue weighted by Crippen LogP contribution is 2.34. The summed E-state index contributed by atoms with van der Waals surface area (Å²) in [4.78, 5) is 34.2. The molecule has 1 unspecified atom stereocenters. The number of hydrogen-bond donors (Lipinski definition) is 0. The van der Waals surface area contributed by atoms with Crippen LogP contribution in [0.1, 0.15) is 48.3 Å². The lowest BCUT2D eigenvalue weighted by Crippen LogP contribution is -2.39. The van der Waals surface area contributed by atoms with Crippen molar-refractivity contribution in [3.05, 3.63) is 106 Å². The van der Waals surface area contributed by atoms with Gasteiger partial charge in [0, 0.05) is 12.5 Å². The summed E-state index contributed by atoms with van der Waals surface area (Å²) in [6, 6.07) is 23.4. The number of aryl methyl sites for hydroxylation is 2. The lowest BCUT2D eigenvalue weighted by molar-refractivity contribution is -0.134. The molecule has 1 amide bonds. The topological polar surface area (TPSA) is 55.2 Å². The second kappa shape index (κ2) is 9.49. The lowest BCUT2D eigenvalue weighted by Gasteiger charge is -2.31. The van der Waals surface area contributed by atoms with E-state index in [0.29, 0.717) is 23.3 Å². The van der Waals surface area contributed by atoms with Crippen molar-refractivity contribution in [2.24, 2.45) is 5.92 Å². The highest BCUT2D eigenvalue weighted by molar-refractivity contribution is 5.82. The summed E-state index contributed by atoms with van der Waals surface area (Å²) in [5, 5.41) is 0.577. The van der Waals surface area contributed by atoms with Crippen LogP contribution in [0.4, 0.5) is 0 Å². The number of amides is 1. The van der Waals surface area contributed by atoms with E-state index in [4.69, 9.17) is 4.98 Å². The van der Waals surface area contributed by atoms with Crippen LogP contribution >= 0.6 is 0 Å². The summed E-state index contributed by atoms with van der Waals surface area (Å²) in [5.74, 6) is 0.834. The van der Waals surface area contributed by atoms with E-state index in [1.807, 2.05) is 80.3 Å². The fraction of sp³-hybridized carbons (Fsp3) is 0.300. The Morgan fingerprint density at radius 2 is 1.74 bits per heavy atom. The molecule has 1 fully saturated rings. The molecule has 1 saturated carbocycles. The van der Waals surface area contributed by atoms with Gasteiger partial charge in [0.2, 0.25) is 5.91 Å². The van der Waals surface area contributed by atoms with Crippen LogP contribution in [0.2, 0.25) is 0 Å². The van der Waals surface area contributed by atoms with Gasteiger partial charge in [0.05, 0.1) is 22.6 Å². The molecule has 5 nitrogen and oxygen atoms in total. The van der Waals surface area contributed by atoms with E-state index in [1.165, 1.54) is 5.56 Å². The van der Waals surface area contributed by atoms with E-state index in [0.717, 1.165) is 36.1 Å². The van der Waals surface area contributed by atoms with Crippen molar-refractivity contribution >= 4 is 16.8 Å². The minimum Gasteiger partial charge on any atom is -0.332 e. The van der Waals surface area contributed by atoms with Gasteiger partial charge in [0.25, 0.3) is 5.56 Å². The zero-order valence-electron chi connectivity index (χ0n) is 20.6. The molecule has 0 radical (unpaired) electrons. The number of carbonyl (C=O) groups excluding carboxylic acids is 1. The van der Waals surface area contributed by atoms with Crippen LogP contribution in [0.15, 0.2) is 77.6 Å². The molecule has 1 aliphatic carbocycles. The number of aromatic nitrogens is 2. The zero-order valence-corrected chi connectivity index (χ0v) is 20.6. The average Bonchev–Trinajstić information content (AvgIpc) is 3.71. The monoisotopic (exact) mass is 465 g/mol. The van der Waals surface area contributed by atoms with Crippen LogP contribution in [-0.4, -0.2) is 26.9 Å². The minimum absolute atomic E-state index is 0.0787. The summed E-state index contributed by atoms with van der Waals surface area (Å²) >= 11 is 0. The van der Waals surface area contributed by atoms with Gasteiger partial charge in [0.15, 0.2) is 0 Å². The first-order valence-electron chi connectivity index (χ1n) is 12.4.